The molecule has 1 radical (unpaired) electrons. The number of alkyl halides is 9. The van der Waals surface area contributed by atoms with Gasteiger partial charge in [-0.1, -0.05) is 6.92 Å². The highest BCUT2D eigenvalue weighted by Crippen LogP contribution is 2.44. The molecule has 23 heavy (non-hydrogen) atoms. The third-order valence-electron chi connectivity index (χ3n) is 3.03. The Morgan fingerprint density at radius 2 is 1.22 bits per heavy atom. The van der Waals surface area contributed by atoms with Crippen LogP contribution in [0, 0.1) is 5.92 Å². The van der Waals surface area contributed by atoms with Gasteiger partial charge in [0.05, 0.1) is 23.3 Å². The van der Waals surface area contributed by atoms with Crippen LogP contribution >= 0.6 is 0 Å². The van der Waals surface area contributed by atoms with Crippen LogP contribution < -0.4 is 0 Å². The molecule has 1 unspecified atom stereocenters. The smallest absolute Gasteiger partial charge is 0.236 e. The van der Waals surface area contributed by atoms with Crippen LogP contribution in [-0.4, -0.2) is 6.61 Å². The van der Waals surface area contributed by atoms with Crippen molar-refractivity contribution in [2.75, 3.05) is 6.61 Å². The average molecular weight is 353 g/mol. The van der Waals surface area contributed by atoms with E-state index in [0.29, 0.717) is 0 Å². The molecule has 0 amide bonds. The maximum absolute atomic E-state index is 12.9. The molecule has 0 spiro atoms. The molecule has 0 bridgehead atoms. The van der Waals surface area contributed by atoms with E-state index >= 15 is 0 Å². The zero-order valence-electron chi connectivity index (χ0n) is 11.5. The van der Waals surface area contributed by atoms with Gasteiger partial charge in [-0.25, -0.2) is 5.11 Å². The van der Waals surface area contributed by atoms with Crippen LogP contribution in [-0.2, 0) is 30.1 Å². The predicted molar refractivity (Wildman–Crippen MR) is 59.9 cm³/mol. The van der Waals surface area contributed by atoms with E-state index in [1.165, 1.54) is 0 Å². The van der Waals surface area contributed by atoms with Crippen molar-refractivity contribution in [1.82, 2.24) is 0 Å². The number of halogens is 9. The molecule has 0 saturated heterocycles. The summed E-state index contributed by atoms with van der Waals surface area (Å²) < 4.78 is 115. The van der Waals surface area contributed by atoms with Gasteiger partial charge in [0.25, 0.3) is 0 Å². The highest BCUT2D eigenvalue weighted by molar-refractivity contribution is 5.44. The Bertz CT molecular complexity index is 519. The van der Waals surface area contributed by atoms with Crippen molar-refractivity contribution >= 4 is 0 Å². The highest BCUT2D eigenvalue weighted by atomic mass is 19.4. The Kier molecular flexibility index (Phi) is 5.30. The maximum atomic E-state index is 12.9. The molecular formula is C13H10F9O. The van der Waals surface area contributed by atoms with Crippen LogP contribution in [0.15, 0.2) is 12.1 Å². The fourth-order valence-electron chi connectivity index (χ4n) is 1.97. The number of rotatable bonds is 3. The van der Waals surface area contributed by atoms with E-state index in [-0.39, 0.29) is 12.1 Å². The van der Waals surface area contributed by atoms with Crippen molar-refractivity contribution in [3.8, 4) is 0 Å². The van der Waals surface area contributed by atoms with Crippen molar-refractivity contribution in [3.05, 3.63) is 34.4 Å². The quantitative estimate of drug-likeness (QED) is 0.653. The van der Waals surface area contributed by atoms with Crippen LogP contribution in [0.1, 0.15) is 29.2 Å². The van der Waals surface area contributed by atoms with Gasteiger partial charge in [-0.05, 0) is 30.0 Å². The second kappa shape index (κ2) is 6.21. The van der Waals surface area contributed by atoms with Gasteiger partial charge in [-0.2, -0.15) is 39.5 Å². The van der Waals surface area contributed by atoms with Crippen LogP contribution in [0.5, 0.6) is 0 Å². The lowest BCUT2D eigenvalue weighted by atomic mass is 9.90. The van der Waals surface area contributed by atoms with Crippen LogP contribution in [0.25, 0.3) is 0 Å². The molecule has 0 aliphatic heterocycles. The Balaban J connectivity index is 3.75. The molecule has 131 valence electrons. The van der Waals surface area contributed by atoms with E-state index < -0.39 is 59.7 Å². The summed E-state index contributed by atoms with van der Waals surface area (Å²) in [5.41, 5.74) is -7.45. The number of hydrogen-bond donors (Lipinski definition) is 0. The van der Waals surface area contributed by atoms with E-state index in [0.717, 1.165) is 6.92 Å². The first-order chi connectivity index (χ1) is 10.2. The van der Waals surface area contributed by atoms with Gasteiger partial charge in [0.2, 0.25) is 0 Å². The molecule has 10 heteroatoms. The standard InChI is InChI=1S/C13H10F9O/c1-6(5-23)2-8-9(12(17,18)19)3-7(11(14,15)16)4-10(8)13(20,21)22/h3-4,6H,2,5H2,1H3. The molecule has 0 aliphatic carbocycles. The number of benzene rings is 1. The van der Waals surface area contributed by atoms with E-state index in [1.54, 1.807) is 0 Å². The zero-order valence-corrected chi connectivity index (χ0v) is 11.5. The summed E-state index contributed by atoms with van der Waals surface area (Å²) in [4.78, 5) is 0. The Labute approximate surface area is 124 Å². The van der Waals surface area contributed by atoms with E-state index in [9.17, 15) is 44.6 Å². The fourth-order valence-corrected chi connectivity index (χ4v) is 1.97. The lowest BCUT2D eigenvalue weighted by molar-refractivity contribution is -0.149. The van der Waals surface area contributed by atoms with E-state index in [4.69, 9.17) is 0 Å². The van der Waals surface area contributed by atoms with Crippen molar-refractivity contribution in [2.45, 2.75) is 31.9 Å². The van der Waals surface area contributed by atoms with Gasteiger partial charge < -0.3 is 0 Å². The second-order valence-corrected chi connectivity index (χ2v) is 5.02. The average Bonchev–Trinajstić information content (AvgIpc) is 2.34. The Hall–Kier alpha value is -1.45. The minimum absolute atomic E-state index is 0.359. The van der Waals surface area contributed by atoms with Gasteiger partial charge in [-0.3, -0.25) is 0 Å². The summed E-state index contributed by atoms with van der Waals surface area (Å²) in [6.45, 7) is 0.153. The van der Waals surface area contributed by atoms with Crippen LogP contribution in [0.2, 0.25) is 0 Å². The molecule has 0 N–H and O–H groups in total. The normalized spacial score (nSPS) is 14.9. The first kappa shape index (κ1) is 19.6. The summed E-state index contributed by atoms with van der Waals surface area (Å²) >= 11 is 0. The minimum Gasteiger partial charge on any atom is -0.236 e. The lowest BCUT2D eigenvalue weighted by Gasteiger charge is -2.22. The van der Waals surface area contributed by atoms with Crippen molar-refractivity contribution in [1.29, 1.82) is 0 Å². The minimum atomic E-state index is -5.42. The maximum Gasteiger partial charge on any atom is 0.416 e. The Morgan fingerprint density at radius 3 is 1.48 bits per heavy atom. The van der Waals surface area contributed by atoms with E-state index in [2.05, 4.69) is 0 Å². The zero-order chi connectivity index (χ0) is 18.2. The SMILES string of the molecule is CC(C[O])Cc1c(C(F)(F)F)cc(C(F)(F)F)cc1C(F)(F)F. The molecule has 1 atom stereocenters. The molecular weight excluding hydrogens is 343 g/mol. The highest BCUT2D eigenvalue weighted by Gasteiger charge is 2.44. The predicted octanol–water partition coefficient (Wildman–Crippen LogP) is 5.35. The molecule has 1 rings (SSSR count). The lowest BCUT2D eigenvalue weighted by Crippen LogP contribution is -2.21. The number of hydrogen-bond acceptors (Lipinski definition) is 0. The second-order valence-electron chi connectivity index (χ2n) is 5.02. The topological polar surface area (TPSA) is 19.9 Å². The van der Waals surface area contributed by atoms with E-state index in [1.807, 2.05) is 0 Å². The van der Waals surface area contributed by atoms with Gasteiger partial charge in [0.15, 0.2) is 0 Å². The van der Waals surface area contributed by atoms with Crippen LogP contribution in [0.4, 0.5) is 39.5 Å². The fraction of sp³-hybridized carbons (Fsp3) is 0.538. The van der Waals surface area contributed by atoms with Crippen molar-refractivity contribution < 1.29 is 44.6 Å². The Morgan fingerprint density at radius 1 is 0.826 bits per heavy atom. The van der Waals surface area contributed by atoms with Gasteiger partial charge >= 0.3 is 18.5 Å². The molecule has 0 saturated carbocycles. The summed E-state index contributed by atoms with van der Waals surface area (Å²) in [5, 5.41) is 10.6. The summed E-state index contributed by atoms with van der Waals surface area (Å²) in [6.07, 6.45) is -17.1. The first-order valence-electron chi connectivity index (χ1n) is 6.14. The molecule has 0 heterocycles. The van der Waals surface area contributed by atoms with Gasteiger partial charge in [0, 0.05) is 0 Å². The van der Waals surface area contributed by atoms with Crippen molar-refractivity contribution in [3.63, 3.8) is 0 Å². The monoisotopic (exact) mass is 353 g/mol. The third kappa shape index (κ3) is 4.76. The summed E-state index contributed by atoms with van der Waals surface area (Å²) in [6, 6.07) is -0.718. The molecule has 1 aromatic rings. The molecule has 0 aromatic heterocycles. The molecule has 0 aliphatic rings. The van der Waals surface area contributed by atoms with Crippen LogP contribution in [0.3, 0.4) is 0 Å². The third-order valence-corrected chi connectivity index (χ3v) is 3.03. The summed E-state index contributed by atoms with van der Waals surface area (Å²) in [7, 11) is 0. The first-order valence-corrected chi connectivity index (χ1v) is 6.14. The van der Waals surface area contributed by atoms with Gasteiger partial charge in [-0.15, -0.1) is 0 Å². The molecule has 0 fully saturated rings. The largest absolute Gasteiger partial charge is 0.416 e. The molecule has 1 nitrogen and oxygen atoms in total. The van der Waals surface area contributed by atoms with Crippen molar-refractivity contribution in [2.24, 2.45) is 5.92 Å². The van der Waals surface area contributed by atoms with Gasteiger partial charge in [0.1, 0.15) is 0 Å². The molecule has 1 aromatic carbocycles. The summed E-state index contributed by atoms with van der Waals surface area (Å²) in [5.74, 6) is -1.10.